The van der Waals surface area contributed by atoms with Gasteiger partial charge in [-0.15, -0.1) is 0 Å². The summed E-state index contributed by atoms with van der Waals surface area (Å²) in [5.74, 6) is 1.04. The van der Waals surface area contributed by atoms with E-state index >= 15 is 0 Å². The van der Waals surface area contributed by atoms with Gasteiger partial charge in [0.25, 0.3) is 0 Å². The quantitative estimate of drug-likeness (QED) is 0.321. The van der Waals surface area contributed by atoms with Crippen LogP contribution in [0.2, 0.25) is 0 Å². The zero-order valence-corrected chi connectivity index (χ0v) is 20.0. The van der Waals surface area contributed by atoms with E-state index in [9.17, 15) is 4.79 Å². The van der Waals surface area contributed by atoms with E-state index in [2.05, 4.69) is 71.7 Å². The van der Waals surface area contributed by atoms with Crippen molar-refractivity contribution in [2.24, 2.45) is 0 Å². The molecule has 1 atom stereocenters. The zero-order chi connectivity index (χ0) is 23.4. The number of hydrogen-bond donors (Lipinski definition) is 2. The number of anilines is 3. The number of rotatable bonds is 7. The third-order valence-corrected chi connectivity index (χ3v) is 6.51. The predicted octanol–water partition coefficient (Wildman–Crippen LogP) is 6.70. The molecule has 0 radical (unpaired) electrons. The van der Waals surface area contributed by atoms with Gasteiger partial charge in [0.15, 0.2) is 5.65 Å². The molecule has 1 unspecified atom stereocenters. The van der Waals surface area contributed by atoms with Crippen molar-refractivity contribution in [2.75, 3.05) is 10.6 Å². The second kappa shape index (κ2) is 10.0. The van der Waals surface area contributed by atoms with E-state index in [1.165, 1.54) is 6.92 Å². The maximum atomic E-state index is 11.3. The molecule has 33 heavy (non-hydrogen) atoms. The third-order valence-electron chi connectivity index (χ3n) is 5.43. The molecule has 0 aliphatic carbocycles. The van der Waals surface area contributed by atoms with Crippen molar-refractivity contribution >= 4 is 45.9 Å². The molecule has 0 aliphatic heterocycles. The van der Waals surface area contributed by atoms with Gasteiger partial charge in [-0.05, 0) is 73.4 Å². The summed E-state index contributed by atoms with van der Waals surface area (Å²) < 4.78 is 0. The Bertz CT molecular complexity index is 1290. The number of carbonyl (C=O) groups is 1. The van der Waals surface area contributed by atoms with Crippen LogP contribution in [0, 0.1) is 6.92 Å². The summed E-state index contributed by atoms with van der Waals surface area (Å²) in [6.07, 6.45) is 2.59. The lowest BCUT2D eigenvalue weighted by molar-refractivity contribution is -0.114. The first-order chi connectivity index (χ1) is 15.9. The smallest absolute Gasteiger partial charge is 0.221 e. The summed E-state index contributed by atoms with van der Waals surface area (Å²) in [6.45, 7) is 7.91. The van der Waals surface area contributed by atoms with Gasteiger partial charge in [0.1, 0.15) is 12.1 Å². The summed E-state index contributed by atoms with van der Waals surface area (Å²) in [5.41, 5.74) is 4.64. The van der Waals surface area contributed by atoms with Crippen molar-refractivity contribution in [3.8, 4) is 0 Å². The van der Waals surface area contributed by atoms with Crippen LogP contribution in [-0.4, -0.2) is 20.9 Å². The highest BCUT2D eigenvalue weighted by Gasteiger charge is 2.12. The predicted molar refractivity (Wildman–Crippen MR) is 135 cm³/mol. The van der Waals surface area contributed by atoms with Crippen molar-refractivity contribution in [1.82, 2.24) is 15.0 Å². The minimum atomic E-state index is -0.0803. The van der Waals surface area contributed by atoms with Gasteiger partial charge in [-0.2, -0.15) is 0 Å². The minimum absolute atomic E-state index is 0.0803. The molecule has 0 bridgehead atoms. The van der Waals surface area contributed by atoms with Gasteiger partial charge >= 0.3 is 0 Å². The molecule has 4 aromatic rings. The number of benzene rings is 2. The second-order valence-electron chi connectivity index (χ2n) is 8.07. The van der Waals surface area contributed by atoms with Crippen LogP contribution in [0.5, 0.6) is 0 Å². The molecule has 168 valence electrons. The van der Waals surface area contributed by atoms with Crippen LogP contribution in [-0.2, 0) is 4.79 Å². The first-order valence-electron chi connectivity index (χ1n) is 11.0. The molecule has 0 saturated heterocycles. The lowest BCUT2D eigenvalue weighted by Crippen LogP contribution is -2.05. The van der Waals surface area contributed by atoms with Crippen molar-refractivity contribution in [3.05, 3.63) is 72.2 Å². The Balaban J connectivity index is 1.63. The van der Waals surface area contributed by atoms with Gasteiger partial charge in [-0.3, -0.25) is 4.79 Å². The SMILES string of the molecule is CCC(C)c1ccc2c(Nc3cc(C)ccc3Sc3ccc(NC(C)=O)cc3)ncnc2n1. The Morgan fingerprint density at radius 1 is 1.06 bits per heavy atom. The first kappa shape index (κ1) is 22.7. The third kappa shape index (κ3) is 5.49. The molecule has 0 spiro atoms. The molecule has 0 fully saturated rings. The highest BCUT2D eigenvalue weighted by Crippen LogP contribution is 2.36. The Hall–Kier alpha value is -3.45. The molecule has 2 N–H and O–H groups in total. The largest absolute Gasteiger partial charge is 0.339 e. The molecule has 1 amide bonds. The van der Waals surface area contributed by atoms with E-state index in [1.54, 1.807) is 18.1 Å². The number of carbonyl (C=O) groups excluding carboxylic acids is 1. The fraction of sp³-hybridized carbons (Fsp3) is 0.231. The van der Waals surface area contributed by atoms with Crippen LogP contribution in [0.3, 0.4) is 0 Å². The summed E-state index contributed by atoms with van der Waals surface area (Å²) >= 11 is 1.65. The van der Waals surface area contributed by atoms with E-state index in [0.717, 1.165) is 50.0 Å². The van der Waals surface area contributed by atoms with Crippen LogP contribution >= 0.6 is 11.8 Å². The molecular formula is C26H27N5OS. The number of amides is 1. The maximum absolute atomic E-state index is 11.3. The summed E-state index contributed by atoms with van der Waals surface area (Å²) in [4.78, 5) is 27.1. The number of pyridine rings is 1. The lowest BCUT2D eigenvalue weighted by atomic mass is 10.0. The van der Waals surface area contributed by atoms with Crippen LogP contribution in [0.15, 0.2) is 70.7 Å². The molecule has 6 nitrogen and oxygen atoms in total. The average molecular weight is 458 g/mol. The highest BCUT2D eigenvalue weighted by molar-refractivity contribution is 7.99. The fourth-order valence-electron chi connectivity index (χ4n) is 3.43. The monoisotopic (exact) mass is 457 g/mol. The molecule has 0 saturated carbocycles. The van der Waals surface area contributed by atoms with E-state index in [1.807, 2.05) is 24.3 Å². The summed E-state index contributed by atoms with van der Waals surface area (Å²) in [6, 6.07) is 18.2. The summed E-state index contributed by atoms with van der Waals surface area (Å²) in [5, 5.41) is 7.20. The number of nitrogens with one attached hydrogen (secondary N) is 2. The van der Waals surface area contributed by atoms with E-state index in [0.29, 0.717) is 11.6 Å². The van der Waals surface area contributed by atoms with E-state index < -0.39 is 0 Å². The zero-order valence-electron chi connectivity index (χ0n) is 19.2. The van der Waals surface area contributed by atoms with Gasteiger partial charge < -0.3 is 10.6 Å². The Labute approximate surface area is 198 Å². The van der Waals surface area contributed by atoms with Gasteiger partial charge in [0, 0.05) is 28.1 Å². The van der Waals surface area contributed by atoms with Gasteiger partial charge in [0.05, 0.1) is 11.1 Å². The van der Waals surface area contributed by atoms with E-state index in [-0.39, 0.29) is 5.91 Å². The van der Waals surface area contributed by atoms with Crippen LogP contribution < -0.4 is 10.6 Å². The number of nitrogens with zero attached hydrogens (tertiary/aromatic N) is 3. The van der Waals surface area contributed by atoms with Crippen molar-refractivity contribution < 1.29 is 4.79 Å². The van der Waals surface area contributed by atoms with Gasteiger partial charge in [-0.1, -0.05) is 31.7 Å². The van der Waals surface area contributed by atoms with Crippen molar-refractivity contribution in [2.45, 2.75) is 49.8 Å². The van der Waals surface area contributed by atoms with Crippen LogP contribution in [0.25, 0.3) is 11.0 Å². The van der Waals surface area contributed by atoms with Gasteiger partial charge in [0.2, 0.25) is 5.91 Å². The minimum Gasteiger partial charge on any atom is -0.339 e. The number of aromatic nitrogens is 3. The molecule has 2 aromatic heterocycles. The van der Waals surface area contributed by atoms with Crippen molar-refractivity contribution in [3.63, 3.8) is 0 Å². The molecular weight excluding hydrogens is 430 g/mol. The Morgan fingerprint density at radius 2 is 1.85 bits per heavy atom. The van der Waals surface area contributed by atoms with E-state index in [4.69, 9.17) is 4.98 Å². The van der Waals surface area contributed by atoms with Crippen LogP contribution in [0.4, 0.5) is 17.2 Å². The highest BCUT2D eigenvalue weighted by atomic mass is 32.2. The standard InChI is InChI=1S/C26H27N5OS/c1-5-17(3)22-12-11-21-25(30-22)27-15-28-26(21)31-23-14-16(2)6-13-24(23)33-20-9-7-19(8-10-20)29-18(4)32/h6-15,17H,5H2,1-4H3,(H,29,32)(H,27,28,30,31). The lowest BCUT2D eigenvalue weighted by Gasteiger charge is -2.14. The molecule has 2 heterocycles. The molecule has 2 aromatic carbocycles. The molecule has 0 aliphatic rings. The second-order valence-corrected chi connectivity index (χ2v) is 9.19. The first-order valence-corrected chi connectivity index (χ1v) is 11.8. The topological polar surface area (TPSA) is 79.8 Å². The molecule has 4 rings (SSSR count). The normalized spacial score (nSPS) is 11.9. The Kier molecular flexibility index (Phi) is 6.89. The van der Waals surface area contributed by atoms with Crippen molar-refractivity contribution in [1.29, 1.82) is 0 Å². The molecule has 7 heteroatoms. The average Bonchev–Trinajstić information content (AvgIpc) is 2.81. The number of hydrogen-bond acceptors (Lipinski definition) is 6. The maximum Gasteiger partial charge on any atom is 0.221 e. The Morgan fingerprint density at radius 3 is 2.58 bits per heavy atom. The summed E-state index contributed by atoms with van der Waals surface area (Å²) in [7, 11) is 0. The number of fused-ring (bicyclic) bond motifs is 1. The number of aryl methyl sites for hydroxylation is 1. The van der Waals surface area contributed by atoms with Crippen LogP contribution in [0.1, 0.15) is 44.4 Å². The van der Waals surface area contributed by atoms with Gasteiger partial charge in [-0.25, -0.2) is 15.0 Å². The fourth-order valence-corrected chi connectivity index (χ4v) is 4.32.